The number of alkyl halides is 7. The summed E-state index contributed by atoms with van der Waals surface area (Å²) in [6, 6.07) is 7.75. The molecule has 0 bridgehead atoms. The van der Waals surface area contributed by atoms with Crippen molar-refractivity contribution >= 4 is 61.7 Å². The van der Waals surface area contributed by atoms with Crippen LogP contribution in [0.4, 0.5) is 50.9 Å². The van der Waals surface area contributed by atoms with E-state index in [1.807, 2.05) is 6.07 Å². The Morgan fingerprint density at radius 1 is 1.00 bits per heavy atom. The molecule has 44 heavy (non-hydrogen) atoms. The summed E-state index contributed by atoms with van der Waals surface area (Å²) in [7, 11) is 0. The molecule has 0 unspecified atom stereocenters. The number of nitriles is 1. The van der Waals surface area contributed by atoms with Gasteiger partial charge in [-0.15, -0.1) is 0 Å². The largest absolute Gasteiger partial charge is 0.435 e. The number of hydrogen-bond donors (Lipinski definition) is 1. The lowest BCUT2D eigenvalue weighted by Crippen LogP contribution is -2.50. The maximum atomic E-state index is 15.8. The van der Waals surface area contributed by atoms with Crippen LogP contribution >= 0.6 is 38.5 Å². The molecule has 0 atom stereocenters. The Labute approximate surface area is 265 Å². The molecule has 2 amide bonds. The number of halogens is 11. The SMILES string of the molecule is N#CCCCCN(C(=O)c1ccc(F)nc1)c1cccc(C(=O)Nc2c(Br)cc(C(F)(C(F)(F)F)C(F)(F)F)cc2I)c1F. The highest BCUT2D eigenvalue weighted by molar-refractivity contribution is 14.1. The standard InChI is InChI=1S/C27H17BrF9IN4O2/c28-17-11-15(25(31,26(32,33)34)27(35,36)37)12-18(38)22(17)41-23(43)16-5-4-6-19(21(16)30)42(10-3-1-2-9-39)24(44)14-7-8-20(29)40-13-14/h4-8,11-13H,1-3,10H2,(H,41,43). The van der Waals surface area contributed by atoms with Crippen LogP contribution in [-0.4, -0.2) is 35.7 Å². The van der Waals surface area contributed by atoms with Gasteiger partial charge in [0.25, 0.3) is 11.8 Å². The van der Waals surface area contributed by atoms with Gasteiger partial charge >= 0.3 is 18.0 Å². The lowest BCUT2D eigenvalue weighted by Gasteiger charge is -2.31. The molecule has 2 aromatic carbocycles. The van der Waals surface area contributed by atoms with Crippen LogP contribution in [0.3, 0.4) is 0 Å². The second-order valence-electron chi connectivity index (χ2n) is 9.00. The van der Waals surface area contributed by atoms with Gasteiger partial charge in [-0.25, -0.2) is 13.8 Å². The Morgan fingerprint density at radius 3 is 2.20 bits per heavy atom. The number of pyridine rings is 1. The van der Waals surface area contributed by atoms with Crippen LogP contribution in [0.2, 0.25) is 0 Å². The minimum Gasteiger partial charge on any atom is -0.320 e. The maximum absolute atomic E-state index is 15.8. The third-order valence-electron chi connectivity index (χ3n) is 6.11. The highest BCUT2D eigenvalue weighted by atomic mass is 127. The summed E-state index contributed by atoms with van der Waals surface area (Å²) in [6.07, 6.45) is -11.1. The molecule has 17 heteroatoms. The molecule has 0 spiro atoms. The number of aromatic nitrogens is 1. The lowest BCUT2D eigenvalue weighted by molar-refractivity contribution is -0.348. The predicted molar refractivity (Wildman–Crippen MR) is 151 cm³/mol. The van der Waals surface area contributed by atoms with E-state index in [-0.39, 0.29) is 37.1 Å². The average molecular weight is 807 g/mol. The first kappa shape index (κ1) is 35.1. The number of carbonyl (C=O) groups is 2. The van der Waals surface area contributed by atoms with Gasteiger partial charge in [0.2, 0.25) is 5.95 Å². The second-order valence-corrected chi connectivity index (χ2v) is 11.0. The van der Waals surface area contributed by atoms with Crippen molar-refractivity contribution < 1.29 is 49.1 Å². The third kappa shape index (κ3) is 7.28. The van der Waals surface area contributed by atoms with Gasteiger partial charge in [-0.2, -0.15) is 36.0 Å². The summed E-state index contributed by atoms with van der Waals surface area (Å²) in [5, 5.41) is 11.0. The summed E-state index contributed by atoms with van der Waals surface area (Å²) < 4.78 is 122. The Hall–Kier alpha value is -3.40. The first-order valence-electron chi connectivity index (χ1n) is 12.2. The number of rotatable bonds is 9. The molecule has 0 radical (unpaired) electrons. The zero-order valence-corrected chi connectivity index (χ0v) is 25.5. The summed E-state index contributed by atoms with van der Waals surface area (Å²) in [6.45, 7) is -0.131. The van der Waals surface area contributed by atoms with Gasteiger partial charge in [-0.1, -0.05) is 6.07 Å². The monoisotopic (exact) mass is 806 g/mol. The number of carbonyl (C=O) groups excluding carboxylic acids is 2. The lowest BCUT2D eigenvalue weighted by atomic mass is 9.94. The summed E-state index contributed by atoms with van der Waals surface area (Å²) in [5.74, 6) is -4.14. The predicted octanol–water partition coefficient (Wildman–Crippen LogP) is 8.61. The van der Waals surface area contributed by atoms with Crippen molar-refractivity contribution in [2.45, 2.75) is 37.3 Å². The van der Waals surface area contributed by atoms with Gasteiger partial charge < -0.3 is 10.2 Å². The molecular weight excluding hydrogens is 790 g/mol. The van der Waals surface area contributed by atoms with Gasteiger partial charge in [0.1, 0.15) is 0 Å². The smallest absolute Gasteiger partial charge is 0.320 e. The van der Waals surface area contributed by atoms with E-state index in [1.54, 1.807) is 0 Å². The van der Waals surface area contributed by atoms with E-state index in [1.165, 1.54) is 28.7 Å². The maximum Gasteiger partial charge on any atom is 0.435 e. The fraction of sp³-hybridized carbons (Fsp3) is 0.259. The Bertz CT molecular complexity index is 1560. The van der Waals surface area contributed by atoms with Crippen LogP contribution in [-0.2, 0) is 5.67 Å². The Morgan fingerprint density at radius 2 is 1.66 bits per heavy atom. The van der Waals surface area contributed by atoms with E-state index >= 15 is 4.39 Å². The normalized spacial score (nSPS) is 12.0. The van der Waals surface area contributed by atoms with Crippen LogP contribution in [0.5, 0.6) is 0 Å². The number of nitrogens with one attached hydrogen (secondary N) is 1. The minimum atomic E-state index is -6.37. The molecule has 0 aliphatic heterocycles. The van der Waals surface area contributed by atoms with Crippen molar-refractivity contribution in [3.63, 3.8) is 0 Å². The molecule has 3 aromatic rings. The number of hydrogen-bond acceptors (Lipinski definition) is 4. The molecule has 3 rings (SSSR count). The molecule has 6 nitrogen and oxygen atoms in total. The number of benzene rings is 2. The van der Waals surface area contributed by atoms with Crippen LogP contribution in [0.1, 0.15) is 45.5 Å². The van der Waals surface area contributed by atoms with E-state index in [0.29, 0.717) is 6.42 Å². The van der Waals surface area contributed by atoms with Gasteiger partial charge in [0.05, 0.1) is 28.6 Å². The fourth-order valence-electron chi connectivity index (χ4n) is 3.93. The zero-order chi connectivity index (χ0) is 33.0. The van der Waals surface area contributed by atoms with E-state index in [9.17, 15) is 44.7 Å². The minimum absolute atomic E-state index is 0.124. The molecule has 1 N–H and O–H groups in total. The topological polar surface area (TPSA) is 86.1 Å². The van der Waals surface area contributed by atoms with Crippen molar-refractivity contribution in [3.05, 3.63) is 85.2 Å². The first-order chi connectivity index (χ1) is 20.4. The van der Waals surface area contributed by atoms with Crippen molar-refractivity contribution in [2.75, 3.05) is 16.8 Å². The fourth-order valence-corrected chi connectivity index (χ4v) is 5.62. The Balaban J connectivity index is 2.00. The van der Waals surface area contributed by atoms with Crippen LogP contribution < -0.4 is 10.2 Å². The van der Waals surface area contributed by atoms with Crippen molar-refractivity contribution in [3.8, 4) is 6.07 Å². The second kappa shape index (κ2) is 13.7. The summed E-state index contributed by atoms with van der Waals surface area (Å²) in [5.41, 5.74) is -9.12. The van der Waals surface area contributed by atoms with E-state index < -0.39 is 72.1 Å². The van der Waals surface area contributed by atoms with Gasteiger partial charge in [-0.3, -0.25) is 9.59 Å². The van der Waals surface area contributed by atoms with E-state index in [0.717, 1.165) is 35.4 Å². The van der Waals surface area contributed by atoms with E-state index in [4.69, 9.17) is 5.26 Å². The number of unbranched alkanes of at least 4 members (excludes halogenated alkanes) is 2. The molecule has 234 valence electrons. The van der Waals surface area contributed by atoms with Crippen LogP contribution in [0.15, 0.2) is 53.1 Å². The summed E-state index contributed by atoms with van der Waals surface area (Å²) in [4.78, 5) is 30.7. The van der Waals surface area contributed by atoms with Crippen molar-refractivity contribution in [1.29, 1.82) is 5.26 Å². The molecule has 0 aliphatic carbocycles. The number of anilines is 2. The molecule has 0 fully saturated rings. The third-order valence-corrected chi connectivity index (χ3v) is 7.59. The van der Waals surface area contributed by atoms with Gasteiger partial charge in [0, 0.05) is 32.8 Å². The Kier molecular flexibility index (Phi) is 10.9. The molecular formula is C27H17BrF9IN4O2. The van der Waals surface area contributed by atoms with E-state index in [2.05, 4.69) is 26.2 Å². The summed E-state index contributed by atoms with van der Waals surface area (Å²) >= 11 is 4.03. The average Bonchev–Trinajstić information content (AvgIpc) is 2.93. The van der Waals surface area contributed by atoms with Crippen molar-refractivity contribution in [1.82, 2.24) is 4.98 Å². The number of nitrogens with zero attached hydrogens (tertiary/aromatic N) is 3. The quantitative estimate of drug-likeness (QED) is 0.102. The molecule has 0 saturated heterocycles. The highest BCUT2D eigenvalue weighted by Crippen LogP contribution is 2.54. The van der Waals surface area contributed by atoms with Gasteiger partial charge in [-0.05, 0) is 87.8 Å². The first-order valence-corrected chi connectivity index (χ1v) is 14.0. The number of amides is 2. The zero-order valence-electron chi connectivity index (χ0n) is 21.8. The van der Waals surface area contributed by atoms with Crippen LogP contribution in [0.25, 0.3) is 0 Å². The van der Waals surface area contributed by atoms with Crippen LogP contribution in [0, 0.1) is 26.7 Å². The molecule has 1 aromatic heterocycles. The molecule has 0 aliphatic rings. The molecule has 1 heterocycles. The molecule has 0 saturated carbocycles. The highest BCUT2D eigenvalue weighted by Gasteiger charge is 2.73. The van der Waals surface area contributed by atoms with Crippen molar-refractivity contribution in [2.24, 2.45) is 0 Å². The van der Waals surface area contributed by atoms with Gasteiger partial charge in [0.15, 0.2) is 5.82 Å².